The van der Waals surface area contributed by atoms with Gasteiger partial charge >= 0.3 is 0 Å². The van der Waals surface area contributed by atoms with E-state index in [4.69, 9.17) is 0 Å². The Labute approximate surface area is 123 Å². The van der Waals surface area contributed by atoms with Crippen LogP contribution in [0, 0.1) is 20.8 Å². The molecule has 0 unspecified atom stereocenters. The Kier molecular flexibility index (Phi) is 3.10. The molecule has 0 aromatic heterocycles. The fourth-order valence-electron chi connectivity index (χ4n) is 2.88. The van der Waals surface area contributed by atoms with E-state index in [2.05, 4.69) is 73.1 Å². The maximum absolute atomic E-state index is 3.71. The summed E-state index contributed by atoms with van der Waals surface area (Å²) in [7, 11) is 0. The Morgan fingerprint density at radius 1 is 1.05 bits per heavy atom. The molecule has 0 saturated heterocycles. The van der Waals surface area contributed by atoms with Crippen molar-refractivity contribution in [2.24, 2.45) is 0 Å². The van der Waals surface area contributed by atoms with Crippen molar-refractivity contribution in [1.29, 1.82) is 0 Å². The number of hydrogen-bond acceptors (Lipinski definition) is 0. The Bertz CT molecular complexity index is 693. The molecule has 0 fully saturated rings. The number of halogens is 1. The van der Waals surface area contributed by atoms with E-state index in [0.29, 0.717) is 0 Å². The lowest BCUT2D eigenvalue weighted by Gasteiger charge is -2.17. The maximum atomic E-state index is 3.71. The first kappa shape index (κ1) is 12.7. The molecule has 0 atom stereocenters. The highest BCUT2D eigenvalue weighted by Gasteiger charge is 2.18. The molecular formula is C18H17Br. The average Bonchev–Trinajstić information content (AvgIpc) is 2.83. The Balaban J connectivity index is 2.35. The van der Waals surface area contributed by atoms with Gasteiger partial charge in [-0.05, 0) is 72.2 Å². The van der Waals surface area contributed by atoms with Crippen LogP contribution in [-0.2, 0) is 6.42 Å². The fraction of sp³-hybridized carbons (Fsp3) is 0.222. The van der Waals surface area contributed by atoms with Crippen LogP contribution in [0.2, 0.25) is 0 Å². The summed E-state index contributed by atoms with van der Waals surface area (Å²) in [5.41, 5.74) is 9.70. The van der Waals surface area contributed by atoms with Gasteiger partial charge < -0.3 is 0 Å². The van der Waals surface area contributed by atoms with Crippen LogP contribution in [-0.4, -0.2) is 0 Å². The van der Waals surface area contributed by atoms with Crippen LogP contribution >= 0.6 is 15.9 Å². The number of benzene rings is 2. The van der Waals surface area contributed by atoms with Crippen molar-refractivity contribution >= 4 is 22.0 Å². The fourth-order valence-corrected chi connectivity index (χ4v) is 3.33. The molecule has 3 rings (SSSR count). The Morgan fingerprint density at radius 2 is 1.84 bits per heavy atom. The minimum Gasteiger partial charge on any atom is -0.0795 e. The van der Waals surface area contributed by atoms with Gasteiger partial charge in [0, 0.05) is 4.47 Å². The third-order valence-corrected chi connectivity index (χ3v) is 4.98. The largest absolute Gasteiger partial charge is 0.0795 e. The van der Waals surface area contributed by atoms with E-state index in [9.17, 15) is 0 Å². The number of hydrogen-bond donors (Lipinski definition) is 0. The first-order chi connectivity index (χ1) is 9.09. The summed E-state index contributed by atoms with van der Waals surface area (Å²) < 4.78 is 1.20. The molecule has 0 saturated carbocycles. The average molecular weight is 313 g/mol. The summed E-state index contributed by atoms with van der Waals surface area (Å²) in [6.45, 7) is 6.62. The van der Waals surface area contributed by atoms with Crippen molar-refractivity contribution in [3.63, 3.8) is 0 Å². The minimum absolute atomic E-state index is 1.05. The Hall–Kier alpha value is -1.34. The van der Waals surface area contributed by atoms with Crippen LogP contribution in [0.1, 0.15) is 27.8 Å². The van der Waals surface area contributed by atoms with Crippen molar-refractivity contribution in [1.82, 2.24) is 0 Å². The minimum atomic E-state index is 1.05. The van der Waals surface area contributed by atoms with Gasteiger partial charge in [-0.25, -0.2) is 0 Å². The van der Waals surface area contributed by atoms with Crippen LogP contribution < -0.4 is 0 Å². The van der Waals surface area contributed by atoms with Crippen LogP contribution in [0.15, 0.2) is 34.8 Å². The molecule has 2 aromatic rings. The van der Waals surface area contributed by atoms with Crippen LogP contribution in [0.25, 0.3) is 17.2 Å². The molecule has 0 bridgehead atoms. The SMILES string of the molecule is Cc1cccc(-c2c(C)c(Br)cc3c2CC=C3)c1C. The molecule has 1 aliphatic carbocycles. The molecule has 19 heavy (non-hydrogen) atoms. The van der Waals surface area contributed by atoms with Gasteiger partial charge in [-0.3, -0.25) is 0 Å². The highest BCUT2D eigenvalue weighted by Crippen LogP contribution is 2.39. The van der Waals surface area contributed by atoms with Gasteiger partial charge in [0.05, 0.1) is 0 Å². The van der Waals surface area contributed by atoms with Crippen molar-refractivity contribution in [2.75, 3.05) is 0 Å². The third-order valence-electron chi connectivity index (χ3n) is 4.16. The lowest BCUT2D eigenvalue weighted by Crippen LogP contribution is -1.97. The van der Waals surface area contributed by atoms with E-state index in [1.165, 1.54) is 43.4 Å². The van der Waals surface area contributed by atoms with Crippen LogP contribution in [0.4, 0.5) is 0 Å². The first-order valence-electron chi connectivity index (χ1n) is 6.64. The number of allylic oxidation sites excluding steroid dienone is 1. The van der Waals surface area contributed by atoms with Gasteiger partial charge in [0.25, 0.3) is 0 Å². The second kappa shape index (κ2) is 4.64. The summed E-state index contributed by atoms with van der Waals surface area (Å²) in [6.07, 6.45) is 5.53. The molecule has 96 valence electrons. The molecular weight excluding hydrogens is 296 g/mol. The second-order valence-corrected chi connectivity index (χ2v) is 6.13. The molecule has 0 heterocycles. The van der Waals surface area contributed by atoms with Gasteiger partial charge in [-0.1, -0.05) is 46.3 Å². The lowest BCUT2D eigenvalue weighted by atomic mass is 9.88. The summed E-state index contributed by atoms with van der Waals surface area (Å²) in [5, 5.41) is 0. The molecule has 0 radical (unpaired) electrons. The summed E-state index contributed by atoms with van der Waals surface area (Å²) in [5.74, 6) is 0. The second-order valence-electron chi connectivity index (χ2n) is 5.28. The van der Waals surface area contributed by atoms with Crippen molar-refractivity contribution < 1.29 is 0 Å². The highest BCUT2D eigenvalue weighted by atomic mass is 79.9. The molecule has 0 amide bonds. The highest BCUT2D eigenvalue weighted by molar-refractivity contribution is 9.10. The molecule has 0 nitrogen and oxygen atoms in total. The van der Waals surface area contributed by atoms with Crippen LogP contribution in [0.5, 0.6) is 0 Å². The topological polar surface area (TPSA) is 0 Å². The molecule has 0 spiro atoms. The third kappa shape index (κ3) is 1.97. The van der Waals surface area contributed by atoms with Gasteiger partial charge in [-0.2, -0.15) is 0 Å². The van der Waals surface area contributed by atoms with Crippen LogP contribution in [0.3, 0.4) is 0 Å². The maximum Gasteiger partial charge on any atom is 0.0216 e. The van der Waals surface area contributed by atoms with Gasteiger partial charge in [0.1, 0.15) is 0 Å². The summed E-state index contributed by atoms with van der Waals surface area (Å²) in [6, 6.07) is 8.83. The number of fused-ring (bicyclic) bond motifs is 1. The molecule has 1 aliphatic rings. The molecule has 2 aromatic carbocycles. The van der Waals surface area contributed by atoms with E-state index < -0.39 is 0 Å². The quantitative estimate of drug-likeness (QED) is 0.642. The molecule has 0 N–H and O–H groups in total. The predicted octanol–water partition coefficient (Wildman–Crippen LogP) is 5.61. The van der Waals surface area contributed by atoms with Gasteiger partial charge in [0.15, 0.2) is 0 Å². The number of rotatable bonds is 1. The Morgan fingerprint density at radius 3 is 2.63 bits per heavy atom. The zero-order valence-corrected chi connectivity index (χ0v) is 13.1. The summed E-state index contributed by atoms with van der Waals surface area (Å²) >= 11 is 3.71. The van der Waals surface area contributed by atoms with E-state index in [-0.39, 0.29) is 0 Å². The van der Waals surface area contributed by atoms with Gasteiger partial charge in [-0.15, -0.1) is 0 Å². The van der Waals surface area contributed by atoms with Crippen molar-refractivity contribution in [3.05, 3.63) is 62.6 Å². The van der Waals surface area contributed by atoms with Crippen molar-refractivity contribution in [2.45, 2.75) is 27.2 Å². The summed E-state index contributed by atoms with van der Waals surface area (Å²) in [4.78, 5) is 0. The zero-order valence-electron chi connectivity index (χ0n) is 11.5. The zero-order chi connectivity index (χ0) is 13.6. The van der Waals surface area contributed by atoms with E-state index >= 15 is 0 Å². The smallest absolute Gasteiger partial charge is 0.0216 e. The first-order valence-corrected chi connectivity index (χ1v) is 7.44. The van der Waals surface area contributed by atoms with E-state index in [0.717, 1.165) is 6.42 Å². The monoisotopic (exact) mass is 312 g/mol. The standard InChI is InChI=1S/C18H17Br/c1-11-6-4-8-15(12(11)2)18-13(3)17(19)10-14-7-5-9-16(14)18/h4-8,10H,9H2,1-3H3. The predicted molar refractivity (Wildman–Crippen MR) is 86.5 cm³/mol. The van der Waals surface area contributed by atoms with Crippen molar-refractivity contribution in [3.8, 4) is 11.1 Å². The van der Waals surface area contributed by atoms with Gasteiger partial charge in [0.2, 0.25) is 0 Å². The number of aryl methyl sites for hydroxylation is 1. The lowest BCUT2D eigenvalue weighted by molar-refractivity contribution is 1.25. The molecule has 1 heteroatoms. The normalized spacial score (nSPS) is 12.8. The van der Waals surface area contributed by atoms with E-state index in [1.54, 1.807) is 0 Å². The van der Waals surface area contributed by atoms with E-state index in [1.807, 2.05) is 0 Å². The molecule has 0 aliphatic heterocycles.